The van der Waals surface area contributed by atoms with E-state index in [2.05, 4.69) is 66.7 Å². The Morgan fingerprint density at radius 3 is 2.30 bits per heavy atom. The van der Waals surface area contributed by atoms with Crippen molar-refractivity contribution < 1.29 is 9.47 Å². The number of rotatable bonds is 6. The largest absolute Gasteiger partial charge is 0.497 e. The molecular formula is C30H32N4O2S. The van der Waals surface area contributed by atoms with Gasteiger partial charge in [0.15, 0.2) is 5.11 Å². The fraction of sp³-hybridized carbons (Fsp3) is 0.267. The maximum atomic E-state index is 5.97. The number of thiocarbonyl (C=S) groups is 1. The summed E-state index contributed by atoms with van der Waals surface area (Å²) in [5.41, 5.74) is 8.97. The zero-order chi connectivity index (χ0) is 26.3. The molecule has 7 heteroatoms. The lowest BCUT2D eigenvalue weighted by atomic mass is 9.96. The van der Waals surface area contributed by atoms with Crippen molar-refractivity contribution in [2.24, 2.45) is 0 Å². The van der Waals surface area contributed by atoms with Crippen LogP contribution in [-0.2, 0) is 0 Å². The second kappa shape index (κ2) is 9.90. The maximum Gasteiger partial charge on any atom is 0.174 e. The monoisotopic (exact) mass is 512 g/mol. The number of ether oxygens (including phenoxy) is 2. The number of anilines is 1. The summed E-state index contributed by atoms with van der Waals surface area (Å²) in [7, 11) is 3.34. The van der Waals surface area contributed by atoms with Gasteiger partial charge in [0.1, 0.15) is 11.5 Å². The van der Waals surface area contributed by atoms with Crippen LogP contribution in [-0.4, -0.2) is 28.9 Å². The van der Waals surface area contributed by atoms with Crippen LogP contribution in [0.1, 0.15) is 45.9 Å². The highest BCUT2D eigenvalue weighted by molar-refractivity contribution is 7.80. The summed E-state index contributed by atoms with van der Waals surface area (Å²) in [4.78, 5) is 6.85. The minimum Gasteiger partial charge on any atom is -0.497 e. The third kappa shape index (κ3) is 4.23. The van der Waals surface area contributed by atoms with Gasteiger partial charge in [-0.05, 0) is 86.9 Å². The van der Waals surface area contributed by atoms with Crippen LogP contribution in [0.5, 0.6) is 11.5 Å². The molecule has 1 aliphatic heterocycles. The predicted molar refractivity (Wildman–Crippen MR) is 152 cm³/mol. The molecule has 0 radical (unpaired) electrons. The van der Waals surface area contributed by atoms with Gasteiger partial charge in [0.25, 0.3) is 0 Å². The first kappa shape index (κ1) is 24.8. The molecule has 2 atom stereocenters. The zero-order valence-electron chi connectivity index (χ0n) is 22.1. The van der Waals surface area contributed by atoms with E-state index in [0.717, 1.165) is 22.9 Å². The third-order valence-electron chi connectivity index (χ3n) is 7.20. The van der Waals surface area contributed by atoms with E-state index in [1.807, 2.05) is 42.6 Å². The summed E-state index contributed by atoms with van der Waals surface area (Å²) < 4.78 is 13.7. The Bertz CT molecular complexity index is 1440. The van der Waals surface area contributed by atoms with Crippen molar-refractivity contribution in [1.82, 2.24) is 14.9 Å². The molecule has 1 aliphatic rings. The van der Waals surface area contributed by atoms with Gasteiger partial charge in [-0.25, -0.2) is 0 Å². The maximum absolute atomic E-state index is 5.97. The van der Waals surface area contributed by atoms with Gasteiger partial charge < -0.3 is 24.3 Å². The Balaban J connectivity index is 1.74. The van der Waals surface area contributed by atoms with Crippen LogP contribution < -0.4 is 19.7 Å². The number of aryl methyl sites for hydroxylation is 3. The lowest BCUT2D eigenvalue weighted by Crippen LogP contribution is -2.30. The highest BCUT2D eigenvalue weighted by Crippen LogP contribution is 2.47. The Kier molecular flexibility index (Phi) is 6.65. The van der Waals surface area contributed by atoms with Crippen LogP contribution in [0, 0.1) is 27.7 Å². The molecule has 0 aliphatic carbocycles. The summed E-state index contributed by atoms with van der Waals surface area (Å²) in [5.74, 6) is 1.46. The van der Waals surface area contributed by atoms with Crippen LogP contribution >= 0.6 is 12.2 Å². The number of para-hydroxylation sites is 1. The molecule has 2 aromatic heterocycles. The van der Waals surface area contributed by atoms with Gasteiger partial charge in [0.2, 0.25) is 0 Å². The van der Waals surface area contributed by atoms with Crippen molar-refractivity contribution in [3.05, 3.63) is 101 Å². The van der Waals surface area contributed by atoms with Crippen molar-refractivity contribution in [1.29, 1.82) is 0 Å². The minimum absolute atomic E-state index is 0.156. The third-order valence-corrected chi connectivity index (χ3v) is 7.51. The standard InChI is InChI=1S/C30H32N4O2S/c1-18-10-9-11-19(2)28(18)33-20(3)16-23(21(33)4)29-27(24-12-7-8-15-31-24)32-30(37)34(29)25-17-22(35-5)13-14-26(25)36-6/h7-17,27,29H,1-6H3,(H,32,37)/t27-,29+/m0/s1. The predicted octanol–water partition coefficient (Wildman–Crippen LogP) is 6.30. The second-order valence-electron chi connectivity index (χ2n) is 9.44. The SMILES string of the molecule is COc1ccc(OC)c(N2C(=S)N[C@@H](c3ccccn3)[C@H]2c2cc(C)n(-c3c(C)cccc3C)c2C)c1. The van der Waals surface area contributed by atoms with Gasteiger partial charge >= 0.3 is 0 Å². The first-order valence-electron chi connectivity index (χ1n) is 12.3. The van der Waals surface area contributed by atoms with Crippen molar-refractivity contribution >= 4 is 23.0 Å². The molecule has 0 bridgehead atoms. The molecule has 6 nitrogen and oxygen atoms in total. The van der Waals surface area contributed by atoms with Crippen molar-refractivity contribution in [3.8, 4) is 17.2 Å². The molecule has 3 heterocycles. The number of aromatic nitrogens is 2. The molecule has 2 aromatic carbocycles. The Hall–Kier alpha value is -3.84. The molecule has 0 amide bonds. The van der Waals surface area contributed by atoms with Crippen molar-refractivity contribution in [2.75, 3.05) is 19.1 Å². The summed E-state index contributed by atoms with van der Waals surface area (Å²) in [6.07, 6.45) is 1.83. The molecule has 4 aromatic rings. The summed E-state index contributed by atoms with van der Waals surface area (Å²) in [5, 5.41) is 4.18. The number of benzene rings is 2. The highest BCUT2D eigenvalue weighted by Gasteiger charge is 2.43. The number of pyridine rings is 1. The number of methoxy groups -OCH3 is 2. The molecule has 37 heavy (non-hydrogen) atoms. The van der Waals surface area contributed by atoms with E-state index in [1.165, 1.54) is 33.8 Å². The van der Waals surface area contributed by atoms with Crippen LogP contribution in [0.15, 0.2) is 66.9 Å². The molecule has 0 saturated carbocycles. The lowest BCUT2D eigenvalue weighted by Gasteiger charge is -2.29. The molecule has 1 N–H and O–H groups in total. The topological polar surface area (TPSA) is 51.6 Å². The average Bonchev–Trinajstić information content (AvgIpc) is 3.39. The first-order valence-corrected chi connectivity index (χ1v) is 12.7. The first-order chi connectivity index (χ1) is 17.8. The van der Waals surface area contributed by atoms with Crippen LogP contribution in [0.2, 0.25) is 0 Å². The molecule has 1 fully saturated rings. The molecule has 0 unspecified atom stereocenters. The van der Waals surface area contributed by atoms with Crippen molar-refractivity contribution in [2.45, 2.75) is 39.8 Å². The second-order valence-corrected chi connectivity index (χ2v) is 9.82. The number of hydrogen-bond donors (Lipinski definition) is 1. The number of nitrogens with one attached hydrogen (secondary N) is 1. The molecular weight excluding hydrogens is 480 g/mol. The van der Waals surface area contributed by atoms with Gasteiger partial charge in [-0.2, -0.15) is 0 Å². The van der Waals surface area contributed by atoms with Crippen LogP contribution in [0.25, 0.3) is 5.69 Å². The van der Waals surface area contributed by atoms with E-state index in [9.17, 15) is 0 Å². The quantitative estimate of drug-likeness (QED) is 0.306. The molecule has 5 rings (SSSR count). The van der Waals surface area contributed by atoms with Gasteiger partial charge in [-0.15, -0.1) is 0 Å². The Labute approximate surface area is 223 Å². The fourth-order valence-corrected chi connectivity index (χ4v) is 5.84. The van der Waals surface area contributed by atoms with E-state index < -0.39 is 0 Å². The van der Waals surface area contributed by atoms with Gasteiger partial charge in [0.05, 0.1) is 43.4 Å². The average molecular weight is 513 g/mol. The van der Waals surface area contributed by atoms with E-state index in [4.69, 9.17) is 26.7 Å². The fourth-order valence-electron chi connectivity index (χ4n) is 5.50. The summed E-state index contributed by atoms with van der Waals surface area (Å²) >= 11 is 5.97. The van der Waals surface area contributed by atoms with Crippen molar-refractivity contribution in [3.63, 3.8) is 0 Å². The molecule has 1 saturated heterocycles. The molecule has 190 valence electrons. The van der Waals surface area contributed by atoms with E-state index in [-0.39, 0.29) is 12.1 Å². The van der Waals surface area contributed by atoms with Crippen LogP contribution in [0.3, 0.4) is 0 Å². The van der Waals surface area contributed by atoms with Gasteiger partial charge in [-0.3, -0.25) is 4.98 Å². The lowest BCUT2D eigenvalue weighted by molar-refractivity contribution is 0.403. The Morgan fingerprint density at radius 1 is 0.892 bits per heavy atom. The van der Waals surface area contributed by atoms with E-state index >= 15 is 0 Å². The number of nitrogens with zero attached hydrogens (tertiary/aromatic N) is 3. The van der Waals surface area contributed by atoms with Crippen LogP contribution in [0.4, 0.5) is 5.69 Å². The van der Waals surface area contributed by atoms with Gasteiger partial charge in [0, 0.05) is 23.7 Å². The van der Waals surface area contributed by atoms with Gasteiger partial charge in [-0.1, -0.05) is 24.3 Å². The molecule has 0 spiro atoms. The highest BCUT2D eigenvalue weighted by atomic mass is 32.1. The summed E-state index contributed by atoms with van der Waals surface area (Å²) in [6, 6.07) is 20.2. The smallest absolute Gasteiger partial charge is 0.174 e. The normalized spacial score (nSPS) is 17.1. The van der Waals surface area contributed by atoms with E-state index in [1.54, 1.807) is 14.2 Å². The summed E-state index contributed by atoms with van der Waals surface area (Å²) in [6.45, 7) is 8.68. The number of hydrogen-bond acceptors (Lipinski definition) is 4. The zero-order valence-corrected chi connectivity index (χ0v) is 22.9. The Morgan fingerprint density at radius 2 is 1.65 bits per heavy atom. The minimum atomic E-state index is -0.160. The van der Waals surface area contributed by atoms with E-state index in [0.29, 0.717) is 5.11 Å².